The second kappa shape index (κ2) is 5.04. The van der Waals surface area contributed by atoms with Crippen LogP contribution in [0.3, 0.4) is 0 Å². The average Bonchev–Trinajstić information content (AvgIpc) is 2.79. The van der Waals surface area contributed by atoms with Crippen molar-refractivity contribution in [2.75, 3.05) is 0 Å². The van der Waals surface area contributed by atoms with Crippen LogP contribution < -0.4 is 0 Å². The van der Waals surface area contributed by atoms with E-state index in [0.717, 1.165) is 12.0 Å². The van der Waals surface area contributed by atoms with Gasteiger partial charge in [0.2, 0.25) is 0 Å². The lowest BCUT2D eigenvalue weighted by atomic mass is 9.98. The minimum atomic E-state index is 0.128. The van der Waals surface area contributed by atoms with Crippen molar-refractivity contribution in [1.82, 2.24) is 9.97 Å². The number of carbonyl (C=O) groups is 1. The monoisotopic (exact) mass is 228 g/mol. The third-order valence-corrected chi connectivity index (χ3v) is 2.93. The number of hydrogen-bond donors (Lipinski definition) is 0. The molecule has 1 aromatic heterocycles. The fraction of sp³-hybridized carbons (Fsp3) is 0.357. The second-order valence-electron chi connectivity index (χ2n) is 4.53. The van der Waals surface area contributed by atoms with Crippen molar-refractivity contribution in [3.05, 3.63) is 47.6 Å². The highest BCUT2D eigenvalue weighted by Crippen LogP contribution is 2.26. The lowest BCUT2D eigenvalue weighted by Crippen LogP contribution is -2.09. The summed E-state index contributed by atoms with van der Waals surface area (Å²) in [5.41, 5.74) is 2.20. The number of aromatic nitrogens is 2. The van der Waals surface area contributed by atoms with Gasteiger partial charge in [-0.3, -0.25) is 4.79 Å². The first-order valence-electron chi connectivity index (χ1n) is 5.85. The van der Waals surface area contributed by atoms with Gasteiger partial charge in [-0.1, -0.05) is 31.6 Å². The Labute approximate surface area is 101 Å². The van der Waals surface area contributed by atoms with Crippen molar-refractivity contribution < 1.29 is 4.79 Å². The van der Waals surface area contributed by atoms with Crippen molar-refractivity contribution in [3.8, 4) is 0 Å². The largest absolute Gasteiger partial charge is 0.294 e. The standard InChI is InChI=1S/C14H16N2O/c1-10(2)11-4-5-12(8-11)13(17)9-14-15-6-3-7-16-14/h3-7,10H,8-9H2,1-2H3. The van der Waals surface area contributed by atoms with E-state index in [1.807, 2.05) is 6.08 Å². The van der Waals surface area contributed by atoms with E-state index in [1.54, 1.807) is 18.5 Å². The van der Waals surface area contributed by atoms with E-state index in [-0.39, 0.29) is 5.78 Å². The molecular weight excluding hydrogens is 212 g/mol. The molecule has 3 heteroatoms. The summed E-state index contributed by atoms with van der Waals surface area (Å²) in [6.45, 7) is 4.29. The highest BCUT2D eigenvalue weighted by molar-refractivity contribution is 5.97. The average molecular weight is 228 g/mol. The van der Waals surface area contributed by atoms with Gasteiger partial charge in [-0.15, -0.1) is 0 Å². The molecule has 0 amide bonds. The minimum absolute atomic E-state index is 0.128. The molecule has 0 aromatic carbocycles. The molecule has 0 atom stereocenters. The SMILES string of the molecule is CC(C)C1=CC=C(C(=O)Cc2ncccn2)C1. The van der Waals surface area contributed by atoms with Crippen LogP contribution in [0.15, 0.2) is 41.8 Å². The summed E-state index contributed by atoms with van der Waals surface area (Å²) in [4.78, 5) is 20.1. The van der Waals surface area contributed by atoms with E-state index >= 15 is 0 Å². The van der Waals surface area contributed by atoms with E-state index in [9.17, 15) is 4.79 Å². The highest BCUT2D eigenvalue weighted by atomic mass is 16.1. The van der Waals surface area contributed by atoms with E-state index in [4.69, 9.17) is 0 Å². The molecule has 0 spiro atoms. The number of Topliss-reactive ketones (excluding diaryl/α,β-unsaturated/α-hetero) is 1. The molecule has 17 heavy (non-hydrogen) atoms. The third kappa shape index (κ3) is 2.87. The molecule has 88 valence electrons. The first-order chi connectivity index (χ1) is 8.16. The lowest BCUT2D eigenvalue weighted by molar-refractivity contribution is -0.115. The van der Waals surface area contributed by atoms with Crippen molar-refractivity contribution >= 4 is 5.78 Å². The molecule has 0 N–H and O–H groups in total. The van der Waals surface area contributed by atoms with Gasteiger partial charge < -0.3 is 0 Å². The molecule has 0 radical (unpaired) electrons. The summed E-state index contributed by atoms with van der Waals surface area (Å²) in [6.07, 6.45) is 8.40. The predicted octanol–water partition coefficient (Wildman–Crippen LogP) is 2.50. The molecular formula is C14H16N2O. The zero-order valence-corrected chi connectivity index (χ0v) is 10.2. The third-order valence-electron chi connectivity index (χ3n) is 2.93. The molecule has 0 saturated carbocycles. The van der Waals surface area contributed by atoms with Crippen LogP contribution in [-0.4, -0.2) is 15.8 Å². The summed E-state index contributed by atoms with van der Waals surface area (Å²) >= 11 is 0. The van der Waals surface area contributed by atoms with Crippen LogP contribution in [0, 0.1) is 5.92 Å². The van der Waals surface area contributed by atoms with Gasteiger partial charge in [-0.05, 0) is 24.0 Å². The van der Waals surface area contributed by atoms with Crippen LogP contribution in [0.5, 0.6) is 0 Å². The zero-order valence-electron chi connectivity index (χ0n) is 10.2. The van der Waals surface area contributed by atoms with Gasteiger partial charge in [0.25, 0.3) is 0 Å². The Morgan fingerprint density at radius 2 is 2.00 bits per heavy atom. The molecule has 1 aromatic rings. The highest BCUT2D eigenvalue weighted by Gasteiger charge is 2.18. The summed E-state index contributed by atoms with van der Waals surface area (Å²) < 4.78 is 0. The molecule has 0 aliphatic heterocycles. The Bertz CT molecular complexity index is 472. The molecule has 1 aliphatic carbocycles. The van der Waals surface area contributed by atoms with Crippen LogP contribution >= 0.6 is 0 Å². The van der Waals surface area contributed by atoms with Gasteiger partial charge in [0.1, 0.15) is 5.82 Å². The summed E-state index contributed by atoms with van der Waals surface area (Å²) in [5.74, 6) is 1.23. The van der Waals surface area contributed by atoms with Gasteiger partial charge in [-0.2, -0.15) is 0 Å². The number of rotatable bonds is 4. The molecule has 0 bridgehead atoms. The van der Waals surface area contributed by atoms with Crippen molar-refractivity contribution in [3.63, 3.8) is 0 Å². The predicted molar refractivity (Wildman–Crippen MR) is 66.4 cm³/mol. The Hall–Kier alpha value is -1.77. The fourth-order valence-corrected chi connectivity index (χ4v) is 1.81. The number of allylic oxidation sites excluding steroid dienone is 4. The van der Waals surface area contributed by atoms with Crippen LogP contribution in [0.2, 0.25) is 0 Å². The summed E-state index contributed by atoms with van der Waals surface area (Å²) in [5, 5.41) is 0. The lowest BCUT2D eigenvalue weighted by Gasteiger charge is -2.07. The Morgan fingerprint density at radius 1 is 1.29 bits per heavy atom. The molecule has 0 unspecified atom stereocenters. The van der Waals surface area contributed by atoms with Gasteiger partial charge in [-0.25, -0.2) is 9.97 Å². The molecule has 1 aliphatic rings. The number of nitrogens with zero attached hydrogens (tertiary/aromatic N) is 2. The topological polar surface area (TPSA) is 42.9 Å². The normalized spacial score (nSPS) is 14.8. The Kier molecular flexibility index (Phi) is 3.47. The maximum atomic E-state index is 12.0. The minimum Gasteiger partial charge on any atom is -0.294 e. The fourth-order valence-electron chi connectivity index (χ4n) is 1.81. The smallest absolute Gasteiger partial charge is 0.166 e. The van der Waals surface area contributed by atoms with Crippen LogP contribution in [0.4, 0.5) is 0 Å². The van der Waals surface area contributed by atoms with Crippen LogP contribution in [0.1, 0.15) is 26.1 Å². The maximum Gasteiger partial charge on any atom is 0.166 e. The number of ketones is 1. The summed E-state index contributed by atoms with van der Waals surface area (Å²) in [6, 6.07) is 1.75. The van der Waals surface area contributed by atoms with E-state index in [0.29, 0.717) is 18.2 Å². The molecule has 2 rings (SSSR count). The first-order valence-corrected chi connectivity index (χ1v) is 5.85. The quantitative estimate of drug-likeness (QED) is 0.795. The number of hydrogen-bond acceptors (Lipinski definition) is 3. The van der Waals surface area contributed by atoms with E-state index < -0.39 is 0 Å². The first kappa shape index (κ1) is 11.7. The van der Waals surface area contributed by atoms with Gasteiger partial charge in [0.05, 0.1) is 6.42 Å². The van der Waals surface area contributed by atoms with E-state index in [1.165, 1.54) is 5.57 Å². The zero-order chi connectivity index (χ0) is 12.3. The van der Waals surface area contributed by atoms with Crippen molar-refractivity contribution in [2.24, 2.45) is 5.92 Å². The second-order valence-corrected chi connectivity index (χ2v) is 4.53. The maximum absolute atomic E-state index is 12.0. The van der Waals surface area contributed by atoms with Gasteiger partial charge in [0, 0.05) is 12.4 Å². The molecule has 0 saturated heterocycles. The van der Waals surface area contributed by atoms with Crippen molar-refractivity contribution in [1.29, 1.82) is 0 Å². The van der Waals surface area contributed by atoms with Crippen molar-refractivity contribution in [2.45, 2.75) is 26.7 Å². The van der Waals surface area contributed by atoms with Gasteiger partial charge in [0.15, 0.2) is 5.78 Å². The van der Waals surface area contributed by atoms with Crippen LogP contribution in [-0.2, 0) is 11.2 Å². The van der Waals surface area contributed by atoms with E-state index in [2.05, 4.69) is 29.9 Å². The molecule has 0 fully saturated rings. The number of carbonyl (C=O) groups excluding carboxylic acids is 1. The molecule has 1 heterocycles. The Balaban J connectivity index is 1.96. The van der Waals surface area contributed by atoms with Crippen LogP contribution in [0.25, 0.3) is 0 Å². The Morgan fingerprint density at radius 3 is 2.59 bits per heavy atom. The summed E-state index contributed by atoms with van der Waals surface area (Å²) in [7, 11) is 0. The van der Waals surface area contributed by atoms with Gasteiger partial charge >= 0.3 is 0 Å². The molecule has 3 nitrogen and oxygen atoms in total.